The van der Waals surface area contributed by atoms with Crippen molar-refractivity contribution < 1.29 is 33.4 Å². The first-order valence-corrected chi connectivity index (χ1v) is 9.36. The highest BCUT2D eigenvalue weighted by atomic mass is 16.6. The fourth-order valence-corrected chi connectivity index (χ4v) is 2.15. The van der Waals surface area contributed by atoms with Crippen LogP contribution in [-0.4, -0.2) is 67.9 Å². The molecular weight excluding hydrogens is 394 g/mol. The van der Waals surface area contributed by atoms with Crippen molar-refractivity contribution in [2.75, 3.05) is 33.3 Å². The van der Waals surface area contributed by atoms with Crippen LogP contribution in [0.5, 0.6) is 0 Å². The Morgan fingerprint density at radius 2 is 1.67 bits per heavy atom. The van der Waals surface area contributed by atoms with Crippen molar-refractivity contribution in [3.8, 4) is 0 Å². The minimum Gasteiger partial charge on any atom is -0.468 e. The van der Waals surface area contributed by atoms with E-state index in [9.17, 15) is 19.2 Å². The van der Waals surface area contributed by atoms with Crippen LogP contribution in [0.2, 0.25) is 0 Å². The summed E-state index contributed by atoms with van der Waals surface area (Å²) in [6.07, 6.45) is -1.41. The van der Waals surface area contributed by atoms with Crippen LogP contribution in [0.15, 0.2) is 30.3 Å². The normalized spacial score (nSPS) is 10.5. The lowest BCUT2D eigenvalue weighted by molar-refractivity contribution is -0.146. The number of hydrogen-bond donors (Lipinski definition) is 2. The van der Waals surface area contributed by atoms with Gasteiger partial charge in [0.2, 0.25) is 5.91 Å². The number of rotatable bonds is 9. The van der Waals surface area contributed by atoms with Crippen LogP contribution >= 0.6 is 0 Å². The molecule has 3 amide bonds. The van der Waals surface area contributed by atoms with E-state index in [1.807, 2.05) is 18.2 Å². The van der Waals surface area contributed by atoms with Crippen molar-refractivity contribution in [1.82, 2.24) is 15.5 Å². The molecule has 0 heterocycles. The molecule has 1 aromatic rings. The summed E-state index contributed by atoms with van der Waals surface area (Å²) in [5.41, 5.74) is 0.148. The molecule has 2 N–H and O–H groups in total. The van der Waals surface area contributed by atoms with Crippen molar-refractivity contribution in [2.45, 2.75) is 33.0 Å². The van der Waals surface area contributed by atoms with Crippen molar-refractivity contribution in [2.24, 2.45) is 0 Å². The van der Waals surface area contributed by atoms with Gasteiger partial charge < -0.3 is 29.7 Å². The first-order valence-electron chi connectivity index (χ1n) is 9.36. The standard InChI is InChI=1S/C20H29N3O7/c1-20(2,3)30-19(27)21-10-11-23(13-17(25)28-4)16(24)12-22-18(26)29-14-15-8-6-5-7-9-15/h5-9H,10-14H2,1-4H3,(H,21,27)(H,22,26). The van der Waals surface area contributed by atoms with E-state index in [2.05, 4.69) is 15.4 Å². The first kappa shape index (κ1) is 24.7. The van der Waals surface area contributed by atoms with Gasteiger partial charge in [0.05, 0.1) is 7.11 Å². The Bertz CT molecular complexity index is 717. The Labute approximate surface area is 175 Å². The predicted octanol–water partition coefficient (Wildman–Crippen LogP) is 1.44. The smallest absolute Gasteiger partial charge is 0.407 e. The van der Waals surface area contributed by atoms with E-state index in [0.29, 0.717) is 0 Å². The number of amides is 3. The summed E-state index contributed by atoms with van der Waals surface area (Å²) in [4.78, 5) is 48.6. The summed E-state index contributed by atoms with van der Waals surface area (Å²) in [5, 5.41) is 4.84. The fourth-order valence-electron chi connectivity index (χ4n) is 2.15. The summed E-state index contributed by atoms with van der Waals surface area (Å²) in [6, 6.07) is 9.07. The number of esters is 1. The van der Waals surface area contributed by atoms with Gasteiger partial charge in [0, 0.05) is 13.1 Å². The van der Waals surface area contributed by atoms with Gasteiger partial charge in [-0.15, -0.1) is 0 Å². The molecule has 0 unspecified atom stereocenters. The Morgan fingerprint density at radius 1 is 1.00 bits per heavy atom. The molecule has 0 spiro atoms. The lowest BCUT2D eigenvalue weighted by atomic mass is 10.2. The van der Waals surface area contributed by atoms with Gasteiger partial charge in [-0.1, -0.05) is 30.3 Å². The number of benzene rings is 1. The van der Waals surface area contributed by atoms with Crippen LogP contribution in [0.4, 0.5) is 9.59 Å². The highest BCUT2D eigenvalue weighted by molar-refractivity contribution is 5.85. The summed E-state index contributed by atoms with van der Waals surface area (Å²) in [5.74, 6) is -1.17. The number of ether oxygens (including phenoxy) is 3. The summed E-state index contributed by atoms with van der Waals surface area (Å²) in [7, 11) is 1.20. The summed E-state index contributed by atoms with van der Waals surface area (Å²) >= 11 is 0. The third kappa shape index (κ3) is 10.9. The minimum atomic E-state index is -0.767. The summed E-state index contributed by atoms with van der Waals surface area (Å²) in [6.45, 7) is 4.60. The van der Waals surface area contributed by atoms with Crippen LogP contribution in [0.1, 0.15) is 26.3 Å². The van der Waals surface area contributed by atoms with Crippen LogP contribution in [-0.2, 0) is 30.4 Å². The molecule has 0 aliphatic rings. The van der Waals surface area contributed by atoms with Crippen molar-refractivity contribution in [1.29, 1.82) is 0 Å². The number of methoxy groups -OCH3 is 1. The molecule has 1 rings (SSSR count). The largest absolute Gasteiger partial charge is 0.468 e. The van der Waals surface area contributed by atoms with Crippen LogP contribution in [0, 0.1) is 0 Å². The van der Waals surface area contributed by atoms with Crippen LogP contribution in [0.25, 0.3) is 0 Å². The second-order valence-electron chi connectivity index (χ2n) is 7.24. The third-order valence-electron chi connectivity index (χ3n) is 3.55. The fraction of sp³-hybridized carbons (Fsp3) is 0.500. The Balaban J connectivity index is 2.47. The molecule has 1 aromatic carbocycles. The Kier molecular flexibility index (Phi) is 10.1. The average molecular weight is 423 g/mol. The van der Waals surface area contributed by atoms with E-state index in [4.69, 9.17) is 9.47 Å². The van der Waals surface area contributed by atoms with Gasteiger partial charge in [-0.3, -0.25) is 9.59 Å². The van der Waals surface area contributed by atoms with Gasteiger partial charge in [-0.25, -0.2) is 9.59 Å². The van der Waals surface area contributed by atoms with E-state index in [1.165, 1.54) is 7.11 Å². The maximum atomic E-state index is 12.4. The molecule has 0 aliphatic heterocycles. The zero-order chi connectivity index (χ0) is 22.6. The molecular formula is C20H29N3O7. The summed E-state index contributed by atoms with van der Waals surface area (Å²) < 4.78 is 14.7. The number of carbonyl (C=O) groups excluding carboxylic acids is 4. The maximum absolute atomic E-state index is 12.4. The molecule has 0 aliphatic carbocycles. The Morgan fingerprint density at radius 3 is 2.27 bits per heavy atom. The minimum absolute atomic E-state index is 0.0217. The second kappa shape index (κ2) is 12.3. The van der Waals surface area contributed by atoms with E-state index in [0.717, 1.165) is 10.5 Å². The second-order valence-corrected chi connectivity index (χ2v) is 7.24. The van der Waals surface area contributed by atoms with E-state index < -0.39 is 29.7 Å². The van der Waals surface area contributed by atoms with Gasteiger partial charge in [0.1, 0.15) is 25.3 Å². The molecule has 30 heavy (non-hydrogen) atoms. The maximum Gasteiger partial charge on any atom is 0.407 e. The topological polar surface area (TPSA) is 123 Å². The van der Waals surface area contributed by atoms with E-state index in [-0.39, 0.29) is 32.8 Å². The van der Waals surface area contributed by atoms with Gasteiger partial charge in [0.15, 0.2) is 0 Å². The molecule has 0 saturated heterocycles. The van der Waals surface area contributed by atoms with E-state index >= 15 is 0 Å². The first-order chi connectivity index (χ1) is 14.1. The zero-order valence-corrected chi connectivity index (χ0v) is 17.7. The average Bonchev–Trinajstić information content (AvgIpc) is 2.68. The molecule has 0 saturated carbocycles. The van der Waals surface area contributed by atoms with Crippen LogP contribution < -0.4 is 10.6 Å². The quantitative estimate of drug-likeness (QED) is 0.455. The zero-order valence-electron chi connectivity index (χ0n) is 17.7. The molecule has 0 fully saturated rings. The number of alkyl carbamates (subject to hydrolysis) is 2. The van der Waals surface area contributed by atoms with Crippen molar-refractivity contribution >= 4 is 24.1 Å². The molecule has 0 radical (unpaired) electrons. The molecule has 10 heteroatoms. The lowest BCUT2D eigenvalue weighted by Gasteiger charge is -2.23. The lowest BCUT2D eigenvalue weighted by Crippen LogP contribution is -2.46. The molecule has 0 bridgehead atoms. The number of nitrogens with one attached hydrogen (secondary N) is 2. The molecule has 0 aromatic heterocycles. The predicted molar refractivity (Wildman–Crippen MR) is 107 cm³/mol. The van der Waals surface area contributed by atoms with Crippen molar-refractivity contribution in [3.63, 3.8) is 0 Å². The highest BCUT2D eigenvalue weighted by Crippen LogP contribution is 2.06. The van der Waals surface area contributed by atoms with Gasteiger partial charge in [0.25, 0.3) is 0 Å². The van der Waals surface area contributed by atoms with E-state index in [1.54, 1.807) is 32.9 Å². The Hall–Kier alpha value is -3.30. The number of nitrogens with zero attached hydrogens (tertiary/aromatic N) is 1. The van der Waals surface area contributed by atoms with Crippen LogP contribution in [0.3, 0.4) is 0 Å². The highest BCUT2D eigenvalue weighted by Gasteiger charge is 2.20. The SMILES string of the molecule is COC(=O)CN(CCNC(=O)OC(C)(C)C)C(=O)CNC(=O)OCc1ccccc1. The number of carbonyl (C=O) groups is 4. The monoisotopic (exact) mass is 423 g/mol. The third-order valence-corrected chi connectivity index (χ3v) is 3.55. The molecule has 0 atom stereocenters. The van der Waals surface area contributed by atoms with Crippen molar-refractivity contribution in [3.05, 3.63) is 35.9 Å². The molecule has 10 nitrogen and oxygen atoms in total. The number of hydrogen-bond acceptors (Lipinski definition) is 7. The van der Waals surface area contributed by atoms with Gasteiger partial charge in [-0.05, 0) is 26.3 Å². The van der Waals surface area contributed by atoms with Gasteiger partial charge in [-0.2, -0.15) is 0 Å². The van der Waals surface area contributed by atoms with Gasteiger partial charge >= 0.3 is 18.2 Å². The molecule has 166 valence electrons.